The molecule has 8 nitrogen and oxygen atoms in total. The van der Waals surface area contributed by atoms with Crippen molar-refractivity contribution in [3.8, 4) is 11.5 Å². The van der Waals surface area contributed by atoms with Gasteiger partial charge in [0.15, 0.2) is 17.5 Å². The van der Waals surface area contributed by atoms with E-state index in [0.717, 1.165) is 43.4 Å². The molecule has 0 bridgehead atoms. The molecular formula is C21H33IN4O4. The van der Waals surface area contributed by atoms with Crippen molar-refractivity contribution in [2.45, 2.75) is 32.6 Å². The molecule has 1 heterocycles. The molecule has 0 saturated heterocycles. The van der Waals surface area contributed by atoms with Gasteiger partial charge in [0.05, 0.1) is 13.2 Å². The number of fused-ring (bicyclic) bond motifs is 1. The lowest BCUT2D eigenvalue weighted by atomic mass is 10.2. The first-order chi connectivity index (χ1) is 14.2. The number of hydrogen-bond acceptors (Lipinski definition) is 5. The number of guanidine groups is 1. The fourth-order valence-electron chi connectivity index (χ4n) is 2.84. The van der Waals surface area contributed by atoms with Gasteiger partial charge in [0, 0.05) is 44.5 Å². The molecule has 30 heavy (non-hydrogen) atoms. The molecule has 1 amide bonds. The number of aliphatic imine (C=N–C) groups is 1. The third-order valence-electron chi connectivity index (χ3n) is 4.57. The van der Waals surface area contributed by atoms with E-state index in [4.69, 9.17) is 14.2 Å². The molecule has 0 radical (unpaired) electrons. The number of likely N-dealkylation sites (N-methyl/N-ethyl adjacent to an activating group) is 1. The van der Waals surface area contributed by atoms with E-state index >= 15 is 0 Å². The van der Waals surface area contributed by atoms with Crippen molar-refractivity contribution in [1.82, 2.24) is 10.6 Å². The van der Waals surface area contributed by atoms with Crippen molar-refractivity contribution in [2.75, 3.05) is 51.4 Å². The summed E-state index contributed by atoms with van der Waals surface area (Å²) in [6, 6.07) is 5.69. The highest BCUT2D eigenvalue weighted by atomic mass is 127. The largest absolute Gasteiger partial charge is 0.490 e. The highest BCUT2D eigenvalue weighted by Crippen LogP contribution is 2.32. The van der Waals surface area contributed by atoms with Gasteiger partial charge in [-0.1, -0.05) is 0 Å². The Kier molecular flexibility index (Phi) is 11.1. The number of amides is 1. The van der Waals surface area contributed by atoms with E-state index in [1.807, 2.05) is 25.1 Å². The Balaban J connectivity index is 0.00000320. The Morgan fingerprint density at radius 2 is 2.00 bits per heavy atom. The molecule has 3 N–H and O–H groups in total. The van der Waals surface area contributed by atoms with Crippen LogP contribution in [0, 0.1) is 5.92 Å². The minimum absolute atomic E-state index is 0. The van der Waals surface area contributed by atoms with Gasteiger partial charge in [0.2, 0.25) is 5.91 Å². The van der Waals surface area contributed by atoms with Crippen LogP contribution >= 0.6 is 24.0 Å². The number of halogens is 1. The first kappa shape index (κ1) is 24.5. The summed E-state index contributed by atoms with van der Waals surface area (Å²) in [7, 11) is 0. The number of anilines is 1. The summed E-state index contributed by atoms with van der Waals surface area (Å²) in [6.45, 7) is 6.12. The van der Waals surface area contributed by atoms with Crippen LogP contribution in [-0.2, 0) is 9.53 Å². The third kappa shape index (κ3) is 8.95. The van der Waals surface area contributed by atoms with Crippen LogP contribution in [0.25, 0.3) is 0 Å². The van der Waals surface area contributed by atoms with Gasteiger partial charge in [0.25, 0.3) is 0 Å². The van der Waals surface area contributed by atoms with E-state index in [-0.39, 0.29) is 36.4 Å². The van der Waals surface area contributed by atoms with Crippen LogP contribution < -0.4 is 25.4 Å². The number of carbonyl (C=O) groups is 1. The SMILES string of the molecule is CCNC(=O)CN=C(NCCCOCC1CC1)Nc1ccc2c(c1)OCCCO2.I. The van der Waals surface area contributed by atoms with Gasteiger partial charge in [-0.3, -0.25) is 4.79 Å². The van der Waals surface area contributed by atoms with Crippen LogP contribution in [-0.4, -0.2) is 57.9 Å². The van der Waals surface area contributed by atoms with Crippen LogP contribution in [0.5, 0.6) is 11.5 Å². The lowest BCUT2D eigenvalue weighted by Gasteiger charge is -2.14. The molecule has 2 aliphatic rings. The molecule has 0 aromatic heterocycles. The lowest BCUT2D eigenvalue weighted by molar-refractivity contribution is -0.119. The monoisotopic (exact) mass is 532 g/mol. The zero-order chi connectivity index (χ0) is 20.3. The molecule has 168 valence electrons. The molecule has 0 unspecified atom stereocenters. The van der Waals surface area contributed by atoms with Crippen molar-refractivity contribution in [3.05, 3.63) is 18.2 Å². The Hall–Kier alpha value is -1.75. The van der Waals surface area contributed by atoms with Crippen molar-refractivity contribution in [3.63, 3.8) is 0 Å². The van der Waals surface area contributed by atoms with Crippen LogP contribution in [0.2, 0.25) is 0 Å². The third-order valence-corrected chi connectivity index (χ3v) is 4.57. The van der Waals surface area contributed by atoms with E-state index < -0.39 is 0 Å². The molecule has 9 heteroatoms. The average molecular weight is 532 g/mol. The number of benzene rings is 1. The maximum Gasteiger partial charge on any atom is 0.241 e. The first-order valence-corrected chi connectivity index (χ1v) is 10.5. The number of ether oxygens (including phenoxy) is 3. The highest BCUT2D eigenvalue weighted by Gasteiger charge is 2.20. The zero-order valence-electron chi connectivity index (χ0n) is 17.6. The van der Waals surface area contributed by atoms with Crippen LogP contribution in [0.4, 0.5) is 5.69 Å². The minimum atomic E-state index is -0.111. The summed E-state index contributed by atoms with van der Waals surface area (Å²) in [5.74, 6) is 2.67. The minimum Gasteiger partial charge on any atom is -0.490 e. The highest BCUT2D eigenvalue weighted by molar-refractivity contribution is 14.0. The fourth-order valence-corrected chi connectivity index (χ4v) is 2.84. The van der Waals surface area contributed by atoms with Crippen molar-refractivity contribution in [1.29, 1.82) is 0 Å². The zero-order valence-corrected chi connectivity index (χ0v) is 19.9. The smallest absolute Gasteiger partial charge is 0.241 e. The Bertz CT molecular complexity index is 698. The summed E-state index contributed by atoms with van der Waals surface area (Å²) >= 11 is 0. The number of hydrogen-bond donors (Lipinski definition) is 3. The predicted molar refractivity (Wildman–Crippen MR) is 128 cm³/mol. The van der Waals surface area contributed by atoms with Crippen molar-refractivity contribution >= 4 is 41.5 Å². The molecular weight excluding hydrogens is 499 g/mol. The number of nitrogens with one attached hydrogen (secondary N) is 3. The van der Waals surface area contributed by atoms with Gasteiger partial charge < -0.3 is 30.2 Å². The summed E-state index contributed by atoms with van der Waals surface area (Å²) < 4.78 is 17.1. The number of rotatable bonds is 10. The maximum atomic E-state index is 11.8. The van der Waals surface area contributed by atoms with E-state index in [0.29, 0.717) is 38.0 Å². The fraction of sp³-hybridized carbons (Fsp3) is 0.619. The van der Waals surface area contributed by atoms with Gasteiger partial charge in [-0.05, 0) is 44.2 Å². The second kappa shape index (κ2) is 13.5. The second-order valence-electron chi connectivity index (χ2n) is 7.25. The number of carbonyl (C=O) groups excluding carboxylic acids is 1. The van der Waals surface area contributed by atoms with E-state index in [9.17, 15) is 4.79 Å². The molecule has 1 aromatic rings. The molecule has 0 spiro atoms. The van der Waals surface area contributed by atoms with Gasteiger partial charge in [-0.15, -0.1) is 24.0 Å². The van der Waals surface area contributed by atoms with Crippen LogP contribution in [0.1, 0.15) is 32.6 Å². The van der Waals surface area contributed by atoms with E-state index in [2.05, 4.69) is 20.9 Å². The van der Waals surface area contributed by atoms with Crippen LogP contribution in [0.3, 0.4) is 0 Å². The maximum absolute atomic E-state index is 11.8. The summed E-state index contributed by atoms with van der Waals surface area (Å²) in [5.41, 5.74) is 0.821. The first-order valence-electron chi connectivity index (χ1n) is 10.5. The van der Waals surface area contributed by atoms with Crippen molar-refractivity contribution in [2.24, 2.45) is 10.9 Å². The molecule has 1 aliphatic carbocycles. The summed E-state index contributed by atoms with van der Waals surface area (Å²) in [6.07, 6.45) is 4.33. The Labute approximate surface area is 195 Å². The molecule has 1 fully saturated rings. The quantitative estimate of drug-likeness (QED) is 0.186. The molecule has 1 saturated carbocycles. The summed E-state index contributed by atoms with van der Waals surface area (Å²) in [5, 5.41) is 9.27. The average Bonchev–Trinajstić information content (AvgIpc) is 3.55. The van der Waals surface area contributed by atoms with Gasteiger partial charge >= 0.3 is 0 Å². The topological polar surface area (TPSA) is 93.2 Å². The Morgan fingerprint density at radius 3 is 2.77 bits per heavy atom. The standard InChI is InChI=1S/C21H32N4O4.HI/c1-2-22-20(26)14-24-21(23-9-3-10-27-15-16-5-6-16)25-17-7-8-18-19(13-17)29-12-4-11-28-18;/h7-8,13,16H,2-6,9-12,14-15H2,1H3,(H,22,26)(H2,23,24,25);1H. The lowest BCUT2D eigenvalue weighted by Crippen LogP contribution is -2.34. The molecule has 3 rings (SSSR count). The second-order valence-corrected chi connectivity index (χ2v) is 7.25. The van der Waals surface area contributed by atoms with Gasteiger partial charge in [0.1, 0.15) is 6.54 Å². The summed E-state index contributed by atoms with van der Waals surface area (Å²) in [4.78, 5) is 16.2. The van der Waals surface area contributed by atoms with Gasteiger partial charge in [-0.2, -0.15) is 0 Å². The Morgan fingerprint density at radius 1 is 1.20 bits per heavy atom. The normalized spacial score (nSPS) is 15.6. The molecule has 1 aromatic carbocycles. The van der Waals surface area contributed by atoms with E-state index in [1.54, 1.807) is 0 Å². The number of nitrogens with zero attached hydrogens (tertiary/aromatic N) is 1. The van der Waals surface area contributed by atoms with Crippen LogP contribution in [0.15, 0.2) is 23.2 Å². The van der Waals surface area contributed by atoms with Gasteiger partial charge in [-0.25, -0.2) is 4.99 Å². The van der Waals surface area contributed by atoms with E-state index in [1.165, 1.54) is 12.8 Å². The molecule has 0 atom stereocenters. The predicted octanol–water partition coefficient (Wildman–Crippen LogP) is 2.78. The molecule has 1 aliphatic heterocycles. The van der Waals surface area contributed by atoms with Crippen molar-refractivity contribution < 1.29 is 19.0 Å².